The maximum absolute atomic E-state index is 12.9. The molecule has 8 heteroatoms. The first-order valence-electron chi connectivity index (χ1n) is 3.87. The molecule has 0 aromatic carbocycles. The average molecular weight is 308 g/mol. The van der Waals surface area contributed by atoms with Gasteiger partial charge in [0, 0.05) is 11.5 Å². The van der Waals surface area contributed by atoms with Crippen molar-refractivity contribution < 1.29 is 26.3 Å². The fraction of sp³-hybridized carbons (Fsp3) is 0.375. The van der Waals surface area contributed by atoms with Gasteiger partial charge in [-0.1, -0.05) is 15.9 Å². The van der Waals surface area contributed by atoms with Crippen molar-refractivity contribution in [3.05, 3.63) is 28.8 Å². The van der Waals surface area contributed by atoms with Gasteiger partial charge in [0.2, 0.25) is 5.95 Å². The molecule has 0 spiro atoms. The van der Waals surface area contributed by atoms with Crippen LogP contribution in [0.15, 0.2) is 6.20 Å². The summed E-state index contributed by atoms with van der Waals surface area (Å²) in [6.07, 6.45) is -7.98. The Morgan fingerprint density at radius 1 is 1.31 bits per heavy atom. The van der Waals surface area contributed by atoms with Crippen molar-refractivity contribution in [2.24, 2.45) is 0 Å². The minimum atomic E-state index is -4.84. The quantitative estimate of drug-likeness (QED) is 0.456. The molecule has 0 aliphatic carbocycles. The van der Waals surface area contributed by atoms with Gasteiger partial charge in [-0.05, 0) is 5.56 Å². The Kier molecular flexibility index (Phi) is 3.82. The van der Waals surface area contributed by atoms with Crippen LogP contribution in [0, 0.1) is 5.95 Å². The van der Waals surface area contributed by atoms with Crippen LogP contribution in [0.3, 0.4) is 0 Å². The Morgan fingerprint density at radius 3 is 2.25 bits per heavy atom. The minimum Gasteiger partial charge on any atom is -0.227 e. The fourth-order valence-electron chi connectivity index (χ4n) is 1.15. The van der Waals surface area contributed by atoms with Gasteiger partial charge in [0.15, 0.2) is 0 Å². The van der Waals surface area contributed by atoms with E-state index < -0.39 is 40.6 Å². The van der Waals surface area contributed by atoms with Crippen molar-refractivity contribution in [1.82, 2.24) is 4.98 Å². The van der Waals surface area contributed by atoms with Gasteiger partial charge in [-0.3, -0.25) is 0 Å². The molecule has 1 aromatic rings. The van der Waals surface area contributed by atoms with Crippen LogP contribution in [0.25, 0.3) is 0 Å². The van der Waals surface area contributed by atoms with Crippen LogP contribution in [0.5, 0.6) is 0 Å². The van der Waals surface area contributed by atoms with Crippen LogP contribution in [-0.2, 0) is 11.5 Å². The topological polar surface area (TPSA) is 12.9 Å². The monoisotopic (exact) mass is 307 g/mol. The largest absolute Gasteiger partial charge is 0.418 e. The number of hydrogen-bond acceptors (Lipinski definition) is 1. The van der Waals surface area contributed by atoms with E-state index in [4.69, 9.17) is 0 Å². The van der Waals surface area contributed by atoms with Gasteiger partial charge in [0.05, 0.1) is 11.1 Å². The zero-order chi connectivity index (χ0) is 12.5. The molecule has 0 saturated heterocycles. The predicted octanol–water partition coefficient (Wildman–Crippen LogP) is 4.07. The van der Waals surface area contributed by atoms with Gasteiger partial charge in [-0.2, -0.15) is 17.6 Å². The molecule has 0 atom stereocenters. The average Bonchev–Trinajstić information content (AvgIpc) is 2.14. The Morgan fingerprint density at radius 2 is 1.88 bits per heavy atom. The lowest BCUT2D eigenvalue weighted by atomic mass is 10.1. The molecule has 1 heterocycles. The van der Waals surface area contributed by atoms with E-state index in [9.17, 15) is 26.3 Å². The molecule has 0 saturated carbocycles. The van der Waals surface area contributed by atoms with Gasteiger partial charge in [-0.15, -0.1) is 0 Å². The molecule has 0 amide bonds. The standard InChI is InChI=1S/C8H4BrF6N/c9-1-3-4(8(13,14)15)2-16-7(12)5(3)6(10)11/h2,6H,1H2. The van der Waals surface area contributed by atoms with E-state index in [2.05, 4.69) is 20.9 Å². The highest BCUT2D eigenvalue weighted by Crippen LogP contribution is 2.37. The maximum Gasteiger partial charge on any atom is 0.418 e. The molecule has 0 aliphatic rings. The van der Waals surface area contributed by atoms with E-state index in [1.807, 2.05) is 0 Å². The highest BCUT2D eigenvalue weighted by atomic mass is 79.9. The van der Waals surface area contributed by atoms with Crippen LogP contribution in [0.2, 0.25) is 0 Å². The van der Waals surface area contributed by atoms with Gasteiger partial charge in [0.1, 0.15) is 0 Å². The summed E-state index contributed by atoms with van der Waals surface area (Å²) >= 11 is 2.63. The van der Waals surface area contributed by atoms with Gasteiger partial charge < -0.3 is 0 Å². The molecule has 1 aromatic heterocycles. The summed E-state index contributed by atoms with van der Waals surface area (Å²) in [5.41, 5.74) is -3.50. The molecule has 0 unspecified atom stereocenters. The smallest absolute Gasteiger partial charge is 0.227 e. The second kappa shape index (κ2) is 4.60. The summed E-state index contributed by atoms with van der Waals surface area (Å²) < 4.78 is 74.8. The van der Waals surface area contributed by atoms with Crippen molar-refractivity contribution in [3.63, 3.8) is 0 Å². The zero-order valence-electron chi connectivity index (χ0n) is 7.45. The number of pyridine rings is 1. The molecule has 0 radical (unpaired) electrons. The molecule has 16 heavy (non-hydrogen) atoms. The van der Waals surface area contributed by atoms with E-state index >= 15 is 0 Å². The third kappa shape index (κ3) is 2.47. The Bertz CT molecular complexity index is 389. The van der Waals surface area contributed by atoms with Crippen molar-refractivity contribution in [2.45, 2.75) is 17.9 Å². The van der Waals surface area contributed by atoms with Gasteiger partial charge in [0.25, 0.3) is 6.43 Å². The Hall–Kier alpha value is -0.790. The van der Waals surface area contributed by atoms with Gasteiger partial charge in [-0.25, -0.2) is 13.8 Å². The summed E-state index contributed by atoms with van der Waals surface area (Å²) in [6.45, 7) is 0. The van der Waals surface area contributed by atoms with Crippen molar-refractivity contribution in [1.29, 1.82) is 0 Å². The molecular weight excluding hydrogens is 304 g/mol. The second-order valence-electron chi connectivity index (χ2n) is 2.79. The zero-order valence-corrected chi connectivity index (χ0v) is 9.04. The Labute approximate surface area is 94.6 Å². The highest BCUT2D eigenvalue weighted by molar-refractivity contribution is 9.08. The van der Waals surface area contributed by atoms with Crippen LogP contribution < -0.4 is 0 Å². The Balaban J connectivity index is 3.49. The summed E-state index contributed by atoms with van der Waals surface area (Å²) in [5, 5.41) is -0.527. The number of hydrogen-bond donors (Lipinski definition) is 0. The lowest BCUT2D eigenvalue weighted by Gasteiger charge is -2.14. The van der Waals surface area contributed by atoms with E-state index in [0.717, 1.165) is 0 Å². The first kappa shape index (κ1) is 13.3. The summed E-state index contributed by atoms with van der Waals surface area (Å²) in [6, 6.07) is 0. The molecule has 0 bridgehead atoms. The first-order valence-corrected chi connectivity index (χ1v) is 4.99. The van der Waals surface area contributed by atoms with E-state index in [-0.39, 0.29) is 6.20 Å². The van der Waals surface area contributed by atoms with E-state index in [1.165, 1.54) is 0 Å². The fourth-order valence-corrected chi connectivity index (χ4v) is 1.75. The van der Waals surface area contributed by atoms with Crippen LogP contribution >= 0.6 is 15.9 Å². The normalized spacial score (nSPS) is 12.2. The van der Waals surface area contributed by atoms with Crippen molar-refractivity contribution in [2.75, 3.05) is 0 Å². The third-order valence-electron chi connectivity index (χ3n) is 1.84. The molecule has 0 fully saturated rings. The molecule has 1 nitrogen and oxygen atoms in total. The number of alkyl halides is 6. The minimum absolute atomic E-state index is 0.206. The van der Waals surface area contributed by atoms with Crippen LogP contribution in [-0.4, -0.2) is 4.98 Å². The third-order valence-corrected chi connectivity index (χ3v) is 2.40. The van der Waals surface area contributed by atoms with E-state index in [0.29, 0.717) is 0 Å². The number of nitrogens with zero attached hydrogens (tertiary/aromatic N) is 1. The summed E-state index contributed by atoms with van der Waals surface area (Å²) in [5.74, 6) is -1.59. The highest BCUT2D eigenvalue weighted by Gasteiger charge is 2.37. The van der Waals surface area contributed by atoms with Crippen molar-refractivity contribution >= 4 is 15.9 Å². The second-order valence-corrected chi connectivity index (χ2v) is 3.35. The van der Waals surface area contributed by atoms with Crippen molar-refractivity contribution in [3.8, 4) is 0 Å². The molecule has 1 rings (SSSR count). The predicted molar refractivity (Wildman–Crippen MR) is 46.8 cm³/mol. The number of aromatic nitrogens is 1. The SMILES string of the molecule is Fc1ncc(C(F)(F)F)c(CBr)c1C(F)F. The molecule has 0 N–H and O–H groups in total. The van der Waals surface area contributed by atoms with Crippen LogP contribution in [0.4, 0.5) is 26.3 Å². The van der Waals surface area contributed by atoms with Crippen LogP contribution in [0.1, 0.15) is 23.1 Å². The maximum atomic E-state index is 12.9. The number of rotatable bonds is 2. The van der Waals surface area contributed by atoms with E-state index in [1.54, 1.807) is 0 Å². The first-order chi connectivity index (χ1) is 7.29. The lowest BCUT2D eigenvalue weighted by molar-refractivity contribution is -0.138. The molecular formula is C8H4BrF6N. The lowest BCUT2D eigenvalue weighted by Crippen LogP contribution is -2.13. The van der Waals surface area contributed by atoms with Gasteiger partial charge >= 0.3 is 6.18 Å². The molecule has 90 valence electrons. The molecule has 0 aliphatic heterocycles. The number of halogens is 7. The summed E-state index contributed by atoms with van der Waals surface area (Å²) in [7, 11) is 0. The summed E-state index contributed by atoms with van der Waals surface area (Å²) in [4.78, 5) is 2.69.